The summed E-state index contributed by atoms with van der Waals surface area (Å²) in [5, 5.41) is 6.13. The Morgan fingerprint density at radius 3 is 2.34 bits per heavy atom. The normalized spacial score (nSPS) is 20.8. The van der Waals surface area contributed by atoms with Crippen LogP contribution in [0.5, 0.6) is 0 Å². The zero-order chi connectivity index (χ0) is 22.9. The van der Waals surface area contributed by atoms with Gasteiger partial charge in [0.05, 0.1) is 0 Å². The number of rotatable bonds is 5. The highest BCUT2D eigenvalue weighted by molar-refractivity contribution is 6.35. The number of carbonyl (C=O) groups is 3. The van der Waals surface area contributed by atoms with Gasteiger partial charge in [-0.05, 0) is 37.6 Å². The van der Waals surface area contributed by atoms with Gasteiger partial charge in [-0.25, -0.2) is 4.79 Å². The van der Waals surface area contributed by atoms with Crippen molar-refractivity contribution >= 4 is 46.7 Å². The highest BCUT2D eigenvalue weighted by Gasteiger charge is 2.48. The summed E-state index contributed by atoms with van der Waals surface area (Å²) in [6.45, 7) is 4.21. The highest BCUT2D eigenvalue weighted by Crippen LogP contribution is 2.31. The molecule has 2 aromatic rings. The van der Waals surface area contributed by atoms with E-state index in [4.69, 9.17) is 23.2 Å². The van der Waals surface area contributed by atoms with Crippen LogP contribution in [-0.2, 0) is 15.1 Å². The van der Waals surface area contributed by atoms with E-state index in [1.165, 1.54) is 0 Å². The second-order valence-electron chi connectivity index (χ2n) is 8.00. The van der Waals surface area contributed by atoms with Gasteiger partial charge in [-0.2, -0.15) is 0 Å². The smallest absolute Gasteiger partial charge is 0.322 e. The molecule has 2 fully saturated rings. The molecule has 0 aliphatic carbocycles. The van der Waals surface area contributed by atoms with Crippen LogP contribution in [0.3, 0.4) is 0 Å². The monoisotopic (exact) mass is 475 g/mol. The fraction of sp³-hybridized carbons (Fsp3) is 0.364. The lowest BCUT2D eigenvalue weighted by Gasteiger charge is -2.37. The number of hydrogen-bond acceptors (Lipinski definition) is 5. The maximum Gasteiger partial charge on any atom is 0.322 e. The molecule has 4 rings (SSSR count). The van der Waals surface area contributed by atoms with Crippen LogP contribution in [0.1, 0.15) is 24.1 Å². The van der Waals surface area contributed by atoms with Gasteiger partial charge in [0.15, 0.2) is 0 Å². The first kappa shape index (κ1) is 22.4. The second-order valence-corrected chi connectivity index (χ2v) is 8.87. The minimum Gasteiger partial charge on any atom is -0.368 e. The molecule has 8 nitrogen and oxygen atoms in total. The van der Waals surface area contributed by atoms with Gasteiger partial charge in [-0.1, -0.05) is 29.3 Å². The maximum absolute atomic E-state index is 12.9. The number of halogens is 2. The molecule has 3 heterocycles. The Balaban J connectivity index is 1.41. The first-order valence-corrected chi connectivity index (χ1v) is 11.1. The van der Waals surface area contributed by atoms with E-state index in [1.54, 1.807) is 29.3 Å². The van der Waals surface area contributed by atoms with Crippen molar-refractivity contribution in [3.05, 3.63) is 57.8 Å². The second kappa shape index (κ2) is 8.96. The van der Waals surface area contributed by atoms with Crippen molar-refractivity contribution in [2.75, 3.05) is 31.1 Å². The van der Waals surface area contributed by atoms with E-state index in [-0.39, 0.29) is 18.7 Å². The molecule has 0 saturated carbocycles. The standard InChI is InChI=1S/C22H23Cl2N5O3/c1-14-2-3-15(13-25-14)22(20(31)26-21(32)27-22)5-4-19(30)29-8-6-28(7-9-29)18-11-16(23)10-17(24)12-18/h2-3,10-13H,4-9H2,1H3,(H2,26,27,31,32). The van der Waals surface area contributed by atoms with Gasteiger partial charge in [0.25, 0.3) is 5.91 Å². The lowest BCUT2D eigenvalue weighted by Crippen LogP contribution is -2.50. The van der Waals surface area contributed by atoms with E-state index in [0.717, 1.165) is 11.4 Å². The molecule has 2 aliphatic heterocycles. The fourth-order valence-corrected chi connectivity index (χ4v) is 4.64. The minimum atomic E-state index is -1.30. The predicted molar refractivity (Wildman–Crippen MR) is 122 cm³/mol. The molecule has 1 atom stereocenters. The number of carbonyl (C=O) groups excluding carboxylic acids is 3. The molecule has 1 aromatic carbocycles. The largest absolute Gasteiger partial charge is 0.368 e. The summed E-state index contributed by atoms with van der Waals surface area (Å²) in [4.78, 5) is 45.6. The van der Waals surface area contributed by atoms with Gasteiger partial charge in [0.2, 0.25) is 5.91 Å². The van der Waals surface area contributed by atoms with Crippen molar-refractivity contribution in [3.8, 4) is 0 Å². The van der Waals surface area contributed by atoms with Gasteiger partial charge in [-0.15, -0.1) is 0 Å². The molecule has 1 aromatic heterocycles. The third-order valence-electron chi connectivity index (χ3n) is 5.90. The van der Waals surface area contributed by atoms with Crippen molar-refractivity contribution in [2.24, 2.45) is 0 Å². The highest BCUT2D eigenvalue weighted by atomic mass is 35.5. The van der Waals surface area contributed by atoms with Crippen LogP contribution in [0.25, 0.3) is 0 Å². The summed E-state index contributed by atoms with van der Waals surface area (Å²) < 4.78 is 0. The van der Waals surface area contributed by atoms with Crippen molar-refractivity contribution < 1.29 is 14.4 Å². The summed E-state index contributed by atoms with van der Waals surface area (Å²) in [5.41, 5.74) is 0.975. The van der Waals surface area contributed by atoms with Gasteiger partial charge in [0.1, 0.15) is 5.54 Å². The Hall–Kier alpha value is -2.84. The van der Waals surface area contributed by atoms with Crippen LogP contribution in [0.2, 0.25) is 10.0 Å². The van der Waals surface area contributed by atoms with Crippen molar-refractivity contribution in [1.29, 1.82) is 0 Å². The number of nitrogens with zero attached hydrogens (tertiary/aromatic N) is 3. The summed E-state index contributed by atoms with van der Waals surface area (Å²) in [6.07, 6.45) is 1.84. The first-order chi connectivity index (χ1) is 15.3. The van der Waals surface area contributed by atoms with E-state index >= 15 is 0 Å². The molecule has 0 spiro atoms. The predicted octanol–water partition coefficient (Wildman–Crippen LogP) is 2.86. The molecular formula is C22H23Cl2N5O3. The van der Waals surface area contributed by atoms with Crippen LogP contribution in [0, 0.1) is 6.92 Å². The third kappa shape index (κ3) is 4.52. The number of urea groups is 1. The average Bonchev–Trinajstić information content (AvgIpc) is 3.06. The SMILES string of the molecule is Cc1ccc(C2(CCC(=O)N3CCN(c4cc(Cl)cc(Cl)c4)CC3)NC(=O)NC2=O)cn1. The maximum atomic E-state index is 12.9. The first-order valence-electron chi connectivity index (χ1n) is 10.3. The van der Waals surface area contributed by atoms with Crippen LogP contribution in [0.4, 0.5) is 10.5 Å². The molecule has 1 unspecified atom stereocenters. The lowest BCUT2D eigenvalue weighted by molar-refractivity contribution is -0.132. The van der Waals surface area contributed by atoms with E-state index in [2.05, 4.69) is 20.5 Å². The van der Waals surface area contributed by atoms with Crippen molar-refractivity contribution in [3.63, 3.8) is 0 Å². The van der Waals surface area contributed by atoms with Crippen LogP contribution in [0.15, 0.2) is 36.5 Å². The molecule has 4 amide bonds. The summed E-state index contributed by atoms with van der Waals surface area (Å²) in [7, 11) is 0. The fourth-order valence-electron chi connectivity index (χ4n) is 4.12. The molecule has 2 N–H and O–H groups in total. The molecule has 168 valence electrons. The number of piperazine rings is 1. The molecular weight excluding hydrogens is 453 g/mol. The van der Waals surface area contributed by atoms with Gasteiger partial charge in [-0.3, -0.25) is 19.9 Å². The Kier molecular flexibility index (Phi) is 6.26. The Morgan fingerprint density at radius 2 is 1.78 bits per heavy atom. The topological polar surface area (TPSA) is 94.6 Å². The Labute approximate surface area is 195 Å². The minimum absolute atomic E-state index is 0.0674. The van der Waals surface area contributed by atoms with Gasteiger partial charge < -0.3 is 15.1 Å². The number of amides is 4. The number of pyridine rings is 1. The zero-order valence-electron chi connectivity index (χ0n) is 17.5. The van der Waals surface area contributed by atoms with Crippen molar-refractivity contribution in [1.82, 2.24) is 20.5 Å². The van der Waals surface area contributed by atoms with Gasteiger partial charge >= 0.3 is 6.03 Å². The van der Waals surface area contributed by atoms with E-state index in [0.29, 0.717) is 41.8 Å². The molecule has 10 heteroatoms. The molecule has 32 heavy (non-hydrogen) atoms. The molecule has 0 bridgehead atoms. The summed E-state index contributed by atoms with van der Waals surface area (Å²) in [5.74, 6) is -0.536. The molecule has 2 saturated heterocycles. The molecule has 0 radical (unpaired) electrons. The van der Waals surface area contributed by atoms with E-state index < -0.39 is 17.5 Å². The van der Waals surface area contributed by atoms with Crippen molar-refractivity contribution in [2.45, 2.75) is 25.3 Å². The number of imide groups is 1. The average molecular weight is 476 g/mol. The summed E-state index contributed by atoms with van der Waals surface area (Å²) >= 11 is 12.2. The number of hydrogen-bond donors (Lipinski definition) is 2. The lowest BCUT2D eigenvalue weighted by atomic mass is 9.86. The molecule has 2 aliphatic rings. The number of aryl methyl sites for hydroxylation is 1. The Bertz CT molecular complexity index is 1030. The van der Waals surface area contributed by atoms with Gasteiger partial charge in [0, 0.05) is 65.8 Å². The van der Waals surface area contributed by atoms with Crippen LogP contribution < -0.4 is 15.5 Å². The van der Waals surface area contributed by atoms with Crippen LogP contribution >= 0.6 is 23.2 Å². The summed E-state index contributed by atoms with van der Waals surface area (Å²) in [6, 6.07) is 8.35. The van der Waals surface area contributed by atoms with E-state index in [9.17, 15) is 14.4 Å². The Morgan fingerprint density at radius 1 is 1.09 bits per heavy atom. The quantitative estimate of drug-likeness (QED) is 0.648. The number of benzene rings is 1. The van der Waals surface area contributed by atoms with E-state index in [1.807, 2.05) is 19.1 Å². The third-order valence-corrected chi connectivity index (χ3v) is 6.34. The number of aromatic nitrogens is 1. The number of anilines is 1. The number of nitrogens with one attached hydrogen (secondary N) is 2. The zero-order valence-corrected chi connectivity index (χ0v) is 19.0. The van der Waals surface area contributed by atoms with Crippen LogP contribution in [-0.4, -0.2) is 53.9 Å².